The van der Waals surface area contributed by atoms with Crippen LogP contribution in [0.5, 0.6) is 0 Å². The van der Waals surface area contributed by atoms with E-state index in [-0.39, 0.29) is 24.4 Å². The average Bonchev–Trinajstić information content (AvgIpc) is 3.25. The molecule has 0 saturated carbocycles. The van der Waals surface area contributed by atoms with Crippen molar-refractivity contribution in [1.29, 1.82) is 0 Å². The lowest BCUT2D eigenvalue weighted by atomic mass is 10.0. The first-order chi connectivity index (χ1) is 11.6. The van der Waals surface area contributed by atoms with Gasteiger partial charge in [-0.25, -0.2) is 0 Å². The van der Waals surface area contributed by atoms with Crippen molar-refractivity contribution in [3.63, 3.8) is 0 Å². The Morgan fingerprint density at radius 2 is 2.12 bits per heavy atom. The smallest absolute Gasteiger partial charge is 0.246 e. The van der Waals surface area contributed by atoms with Gasteiger partial charge in [-0.3, -0.25) is 14.7 Å². The first kappa shape index (κ1) is 16.6. The van der Waals surface area contributed by atoms with Crippen LogP contribution in [0.2, 0.25) is 0 Å². The number of rotatable bonds is 6. The lowest BCUT2D eigenvalue weighted by molar-refractivity contribution is -0.127. The lowest BCUT2D eigenvalue weighted by Crippen LogP contribution is -2.48. The molecule has 1 aliphatic rings. The van der Waals surface area contributed by atoms with Crippen LogP contribution in [-0.4, -0.2) is 45.1 Å². The van der Waals surface area contributed by atoms with Crippen LogP contribution in [0.25, 0.3) is 11.5 Å². The Balaban J connectivity index is 1.60. The average molecular weight is 329 g/mol. The highest BCUT2D eigenvalue weighted by molar-refractivity contribution is 5.82. The molecular formula is C17H23N5O2. The van der Waals surface area contributed by atoms with Crippen molar-refractivity contribution in [2.24, 2.45) is 5.92 Å². The fourth-order valence-electron chi connectivity index (χ4n) is 3.10. The molecule has 3 heterocycles. The van der Waals surface area contributed by atoms with Crippen LogP contribution in [0.1, 0.15) is 32.6 Å². The number of hydrogen-bond donors (Lipinski definition) is 1. The van der Waals surface area contributed by atoms with E-state index in [9.17, 15) is 4.79 Å². The third-order valence-corrected chi connectivity index (χ3v) is 4.21. The number of hydrogen-bond acceptors (Lipinski definition) is 6. The molecule has 0 aromatic carbocycles. The topological polar surface area (TPSA) is 84.2 Å². The Morgan fingerprint density at radius 3 is 2.79 bits per heavy atom. The number of nitrogens with zero attached hydrogens (tertiary/aromatic N) is 4. The number of amides is 1. The molecule has 1 aliphatic heterocycles. The SMILES string of the molecule is CC(C)[C@H](C(=O)NCc1nc(-c2ccccn2)no1)N1CCCC1. The molecule has 7 heteroatoms. The van der Waals surface area contributed by atoms with Crippen molar-refractivity contribution >= 4 is 5.91 Å². The van der Waals surface area contributed by atoms with Crippen LogP contribution in [0.3, 0.4) is 0 Å². The second-order valence-corrected chi connectivity index (χ2v) is 6.38. The predicted octanol–water partition coefficient (Wildman–Crippen LogP) is 1.87. The van der Waals surface area contributed by atoms with Gasteiger partial charge in [0.05, 0.1) is 12.6 Å². The number of carbonyl (C=O) groups is 1. The largest absolute Gasteiger partial charge is 0.346 e. The molecule has 24 heavy (non-hydrogen) atoms. The van der Waals surface area contributed by atoms with E-state index in [4.69, 9.17) is 4.52 Å². The molecule has 2 aromatic heterocycles. The summed E-state index contributed by atoms with van der Waals surface area (Å²) in [7, 11) is 0. The number of nitrogens with one attached hydrogen (secondary N) is 1. The van der Waals surface area contributed by atoms with Crippen molar-refractivity contribution in [3.05, 3.63) is 30.3 Å². The van der Waals surface area contributed by atoms with Gasteiger partial charge in [0.25, 0.3) is 0 Å². The molecular weight excluding hydrogens is 306 g/mol. The van der Waals surface area contributed by atoms with Gasteiger partial charge in [0.2, 0.25) is 17.6 Å². The Labute approximate surface area is 141 Å². The molecule has 1 atom stereocenters. The van der Waals surface area contributed by atoms with E-state index in [2.05, 4.69) is 39.2 Å². The maximum Gasteiger partial charge on any atom is 0.246 e. The Morgan fingerprint density at radius 1 is 1.33 bits per heavy atom. The molecule has 1 fully saturated rings. The van der Waals surface area contributed by atoms with E-state index in [0.29, 0.717) is 17.4 Å². The molecule has 2 aromatic rings. The molecule has 128 valence electrons. The highest BCUT2D eigenvalue weighted by atomic mass is 16.5. The van der Waals surface area contributed by atoms with E-state index in [1.807, 2.05) is 18.2 Å². The van der Waals surface area contributed by atoms with E-state index in [1.165, 1.54) is 0 Å². The van der Waals surface area contributed by atoms with Crippen molar-refractivity contribution in [3.8, 4) is 11.5 Å². The maximum atomic E-state index is 12.6. The fraction of sp³-hybridized carbons (Fsp3) is 0.529. The minimum atomic E-state index is -0.106. The van der Waals surface area contributed by atoms with Crippen LogP contribution in [0.15, 0.2) is 28.9 Å². The molecule has 1 saturated heterocycles. The monoisotopic (exact) mass is 329 g/mol. The predicted molar refractivity (Wildman–Crippen MR) is 88.8 cm³/mol. The van der Waals surface area contributed by atoms with Crippen LogP contribution in [0.4, 0.5) is 0 Å². The standard InChI is InChI=1S/C17H23N5O2/c1-12(2)15(22-9-5-6-10-22)17(23)19-11-14-20-16(21-24-14)13-7-3-4-8-18-13/h3-4,7-8,12,15H,5-6,9-11H2,1-2H3,(H,19,23)/t15-/m1/s1. The van der Waals surface area contributed by atoms with E-state index in [1.54, 1.807) is 6.20 Å². The van der Waals surface area contributed by atoms with Gasteiger partial charge in [-0.2, -0.15) is 4.98 Å². The molecule has 0 radical (unpaired) electrons. The molecule has 0 aliphatic carbocycles. The van der Waals surface area contributed by atoms with Crippen LogP contribution < -0.4 is 5.32 Å². The third kappa shape index (κ3) is 3.79. The van der Waals surface area contributed by atoms with Gasteiger partial charge in [0, 0.05) is 6.20 Å². The first-order valence-corrected chi connectivity index (χ1v) is 8.41. The summed E-state index contributed by atoms with van der Waals surface area (Å²) in [4.78, 5) is 23.3. The maximum absolute atomic E-state index is 12.6. The number of likely N-dealkylation sites (tertiary alicyclic amines) is 1. The summed E-state index contributed by atoms with van der Waals surface area (Å²) in [5, 5.41) is 6.84. The summed E-state index contributed by atoms with van der Waals surface area (Å²) >= 11 is 0. The van der Waals surface area contributed by atoms with Crippen molar-refractivity contribution in [2.75, 3.05) is 13.1 Å². The van der Waals surface area contributed by atoms with Gasteiger partial charge >= 0.3 is 0 Å². The molecule has 0 spiro atoms. The Hall–Kier alpha value is -2.28. The fourth-order valence-corrected chi connectivity index (χ4v) is 3.10. The summed E-state index contributed by atoms with van der Waals surface area (Å²) in [6.07, 6.45) is 4.00. The summed E-state index contributed by atoms with van der Waals surface area (Å²) in [5.41, 5.74) is 0.649. The first-order valence-electron chi connectivity index (χ1n) is 8.41. The molecule has 1 N–H and O–H groups in total. The summed E-state index contributed by atoms with van der Waals surface area (Å²) in [6, 6.07) is 5.40. The zero-order chi connectivity index (χ0) is 16.9. The van der Waals surface area contributed by atoms with Gasteiger partial charge in [-0.1, -0.05) is 25.1 Å². The molecule has 1 amide bonds. The minimum absolute atomic E-state index is 0.0180. The van der Waals surface area contributed by atoms with Gasteiger partial charge in [0.15, 0.2) is 0 Å². The highest BCUT2D eigenvalue weighted by Gasteiger charge is 2.30. The normalized spacial score (nSPS) is 16.5. The molecule has 0 bridgehead atoms. The van der Waals surface area contributed by atoms with Gasteiger partial charge in [-0.05, 0) is 44.0 Å². The molecule has 3 rings (SSSR count). The highest BCUT2D eigenvalue weighted by Crippen LogP contribution is 2.18. The van der Waals surface area contributed by atoms with Crippen molar-refractivity contribution in [1.82, 2.24) is 25.3 Å². The zero-order valence-corrected chi connectivity index (χ0v) is 14.1. The Kier molecular flexibility index (Phi) is 5.20. The second kappa shape index (κ2) is 7.53. The summed E-state index contributed by atoms with van der Waals surface area (Å²) < 4.78 is 5.21. The van der Waals surface area contributed by atoms with E-state index >= 15 is 0 Å². The van der Waals surface area contributed by atoms with Gasteiger partial charge in [-0.15, -0.1) is 0 Å². The van der Waals surface area contributed by atoms with Gasteiger partial charge < -0.3 is 9.84 Å². The summed E-state index contributed by atoms with van der Waals surface area (Å²) in [6.45, 7) is 6.36. The van der Waals surface area contributed by atoms with Gasteiger partial charge in [0.1, 0.15) is 5.69 Å². The number of carbonyl (C=O) groups excluding carboxylic acids is 1. The van der Waals surface area contributed by atoms with E-state index in [0.717, 1.165) is 25.9 Å². The summed E-state index contributed by atoms with van der Waals surface area (Å²) in [5.74, 6) is 1.09. The molecule has 0 unspecified atom stereocenters. The quantitative estimate of drug-likeness (QED) is 0.871. The minimum Gasteiger partial charge on any atom is -0.346 e. The number of pyridine rings is 1. The zero-order valence-electron chi connectivity index (χ0n) is 14.1. The van der Waals surface area contributed by atoms with E-state index < -0.39 is 0 Å². The van der Waals surface area contributed by atoms with Crippen LogP contribution in [0, 0.1) is 5.92 Å². The third-order valence-electron chi connectivity index (χ3n) is 4.21. The number of aromatic nitrogens is 3. The lowest BCUT2D eigenvalue weighted by Gasteiger charge is -2.29. The molecule has 7 nitrogen and oxygen atoms in total. The van der Waals surface area contributed by atoms with Crippen molar-refractivity contribution in [2.45, 2.75) is 39.3 Å². The Bertz CT molecular complexity index is 665. The second-order valence-electron chi connectivity index (χ2n) is 6.38. The van der Waals surface area contributed by atoms with Crippen LogP contribution in [-0.2, 0) is 11.3 Å². The van der Waals surface area contributed by atoms with Crippen LogP contribution >= 0.6 is 0 Å². The van der Waals surface area contributed by atoms with Crippen molar-refractivity contribution < 1.29 is 9.32 Å².